The van der Waals surface area contributed by atoms with E-state index in [0.717, 1.165) is 0 Å². The van der Waals surface area contributed by atoms with Crippen LogP contribution in [-0.4, -0.2) is 24.5 Å². The van der Waals surface area contributed by atoms with Crippen LogP contribution in [0.2, 0.25) is 0 Å². The Morgan fingerprint density at radius 3 is 2.82 bits per heavy atom. The van der Waals surface area contributed by atoms with Crippen molar-refractivity contribution < 1.29 is 8.78 Å². The SMILES string of the molecule is CC1CC(C(F)F)N=C(N)N1. The highest BCUT2D eigenvalue weighted by molar-refractivity contribution is 5.78. The number of alkyl halides is 2. The van der Waals surface area contributed by atoms with Gasteiger partial charge < -0.3 is 11.1 Å². The van der Waals surface area contributed by atoms with Gasteiger partial charge in [0.1, 0.15) is 6.04 Å². The number of nitrogens with zero attached hydrogens (tertiary/aromatic N) is 1. The van der Waals surface area contributed by atoms with Gasteiger partial charge in [0.2, 0.25) is 0 Å². The molecule has 2 atom stereocenters. The summed E-state index contributed by atoms with van der Waals surface area (Å²) in [5.74, 6) is 0.119. The van der Waals surface area contributed by atoms with Gasteiger partial charge in [0, 0.05) is 6.04 Å². The monoisotopic (exact) mass is 163 g/mol. The van der Waals surface area contributed by atoms with Crippen LogP contribution in [0, 0.1) is 0 Å². The van der Waals surface area contributed by atoms with Gasteiger partial charge in [0.25, 0.3) is 6.43 Å². The largest absolute Gasteiger partial charge is 0.370 e. The van der Waals surface area contributed by atoms with Crippen molar-refractivity contribution in [3.8, 4) is 0 Å². The Bertz CT molecular complexity index is 169. The van der Waals surface area contributed by atoms with E-state index in [-0.39, 0.29) is 12.0 Å². The summed E-state index contributed by atoms with van der Waals surface area (Å²) in [6.07, 6.45) is -2.06. The molecule has 64 valence electrons. The fourth-order valence-corrected chi connectivity index (χ4v) is 1.10. The molecule has 0 aromatic heterocycles. The van der Waals surface area contributed by atoms with Crippen molar-refractivity contribution >= 4 is 5.96 Å². The first-order valence-corrected chi connectivity index (χ1v) is 3.47. The highest BCUT2D eigenvalue weighted by Gasteiger charge is 2.25. The van der Waals surface area contributed by atoms with Crippen LogP contribution in [0.4, 0.5) is 8.78 Å². The normalized spacial score (nSPS) is 31.5. The molecule has 0 aromatic rings. The maximum absolute atomic E-state index is 12.1. The number of nitrogens with two attached hydrogens (primary N) is 1. The van der Waals surface area contributed by atoms with Gasteiger partial charge in [-0.25, -0.2) is 13.8 Å². The first-order chi connectivity index (χ1) is 5.09. The third-order valence-electron chi connectivity index (χ3n) is 1.59. The molecule has 3 nitrogen and oxygen atoms in total. The van der Waals surface area contributed by atoms with Crippen LogP contribution in [0.25, 0.3) is 0 Å². The van der Waals surface area contributed by atoms with Crippen LogP contribution in [0.5, 0.6) is 0 Å². The summed E-state index contributed by atoms with van der Waals surface area (Å²) in [6.45, 7) is 1.80. The zero-order valence-corrected chi connectivity index (χ0v) is 6.22. The van der Waals surface area contributed by atoms with Crippen molar-refractivity contribution in [3.63, 3.8) is 0 Å². The molecule has 1 aliphatic heterocycles. The minimum atomic E-state index is -2.40. The number of rotatable bonds is 1. The number of nitrogens with one attached hydrogen (secondary N) is 1. The van der Waals surface area contributed by atoms with Gasteiger partial charge in [-0.15, -0.1) is 0 Å². The predicted molar refractivity (Wildman–Crippen MR) is 38.6 cm³/mol. The van der Waals surface area contributed by atoms with Gasteiger partial charge in [-0.3, -0.25) is 0 Å². The van der Waals surface area contributed by atoms with E-state index in [1.165, 1.54) is 0 Å². The second-order valence-electron chi connectivity index (χ2n) is 2.70. The average molecular weight is 163 g/mol. The van der Waals surface area contributed by atoms with Crippen molar-refractivity contribution in [1.82, 2.24) is 5.32 Å². The van der Waals surface area contributed by atoms with Crippen LogP contribution in [0.15, 0.2) is 4.99 Å². The Kier molecular flexibility index (Phi) is 2.26. The van der Waals surface area contributed by atoms with E-state index in [2.05, 4.69) is 10.3 Å². The van der Waals surface area contributed by atoms with Gasteiger partial charge >= 0.3 is 0 Å². The summed E-state index contributed by atoms with van der Waals surface area (Å²) in [5, 5.41) is 2.76. The molecule has 0 aliphatic carbocycles. The maximum Gasteiger partial charge on any atom is 0.260 e. The van der Waals surface area contributed by atoms with E-state index in [9.17, 15) is 8.78 Å². The van der Waals surface area contributed by atoms with E-state index in [1.54, 1.807) is 6.92 Å². The molecule has 5 heteroatoms. The van der Waals surface area contributed by atoms with Crippen LogP contribution in [0.3, 0.4) is 0 Å². The fraction of sp³-hybridized carbons (Fsp3) is 0.833. The highest BCUT2D eigenvalue weighted by atomic mass is 19.3. The molecule has 0 saturated carbocycles. The molecule has 1 heterocycles. The van der Waals surface area contributed by atoms with Gasteiger partial charge in [-0.2, -0.15) is 0 Å². The van der Waals surface area contributed by atoms with Gasteiger partial charge in [0.15, 0.2) is 5.96 Å². The molecule has 0 aromatic carbocycles. The Morgan fingerprint density at radius 2 is 2.36 bits per heavy atom. The molecular weight excluding hydrogens is 152 g/mol. The Balaban J connectivity index is 2.61. The van der Waals surface area contributed by atoms with Gasteiger partial charge in [-0.1, -0.05) is 0 Å². The smallest absolute Gasteiger partial charge is 0.260 e. The molecule has 0 spiro atoms. The van der Waals surface area contributed by atoms with E-state index < -0.39 is 12.5 Å². The second kappa shape index (κ2) is 3.02. The summed E-state index contributed by atoms with van der Waals surface area (Å²) < 4.78 is 24.2. The minimum Gasteiger partial charge on any atom is -0.370 e. The van der Waals surface area contributed by atoms with E-state index in [0.29, 0.717) is 6.42 Å². The third kappa shape index (κ3) is 2.03. The lowest BCUT2D eigenvalue weighted by molar-refractivity contribution is 0.106. The zero-order chi connectivity index (χ0) is 8.43. The number of hydrogen-bond acceptors (Lipinski definition) is 3. The Hall–Kier alpha value is -0.870. The summed E-state index contributed by atoms with van der Waals surface area (Å²) in [4.78, 5) is 3.57. The lowest BCUT2D eigenvalue weighted by Gasteiger charge is -2.24. The number of aliphatic imine (C=N–C) groups is 1. The molecule has 0 fully saturated rings. The minimum absolute atomic E-state index is 0.00787. The first-order valence-electron chi connectivity index (χ1n) is 3.47. The van der Waals surface area contributed by atoms with E-state index in [1.807, 2.05) is 0 Å². The molecule has 0 amide bonds. The molecule has 3 N–H and O–H groups in total. The fourth-order valence-electron chi connectivity index (χ4n) is 1.10. The van der Waals surface area contributed by atoms with Crippen molar-refractivity contribution in [2.75, 3.05) is 0 Å². The first kappa shape index (κ1) is 8.23. The van der Waals surface area contributed by atoms with Crippen LogP contribution < -0.4 is 11.1 Å². The molecule has 0 bridgehead atoms. The lowest BCUT2D eigenvalue weighted by Crippen LogP contribution is -2.46. The zero-order valence-electron chi connectivity index (χ0n) is 6.22. The number of hydrogen-bond donors (Lipinski definition) is 2. The van der Waals surface area contributed by atoms with E-state index >= 15 is 0 Å². The highest BCUT2D eigenvalue weighted by Crippen LogP contribution is 2.14. The summed E-state index contributed by atoms with van der Waals surface area (Å²) in [5.41, 5.74) is 5.26. The molecule has 11 heavy (non-hydrogen) atoms. The van der Waals surface area contributed by atoms with Crippen LogP contribution in [0.1, 0.15) is 13.3 Å². The number of halogens is 2. The van der Waals surface area contributed by atoms with Crippen LogP contribution in [-0.2, 0) is 0 Å². The molecule has 1 rings (SSSR count). The topological polar surface area (TPSA) is 50.4 Å². The molecule has 2 unspecified atom stereocenters. The predicted octanol–water partition coefficient (Wildman–Crippen LogP) is 0.317. The van der Waals surface area contributed by atoms with E-state index in [4.69, 9.17) is 5.73 Å². The van der Waals surface area contributed by atoms with Crippen molar-refractivity contribution in [2.24, 2.45) is 10.7 Å². The molecule has 0 radical (unpaired) electrons. The molecular formula is C6H11F2N3. The Labute approximate surface area is 63.7 Å². The van der Waals surface area contributed by atoms with Crippen molar-refractivity contribution in [2.45, 2.75) is 31.9 Å². The standard InChI is InChI=1S/C6H11F2N3/c1-3-2-4(5(7)8)11-6(9)10-3/h3-5H,2H2,1H3,(H3,9,10,11). The maximum atomic E-state index is 12.1. The quantitative estimate of drug-likeness (QED) is 0.584. The van der Waals surface area contributed by atoms with Gasteiger partial charge in [-0.05, 0) is 13.3 Å². The average Bonchev–Trinajstić information content (AvgIpc) is 1.85. The summed E-state index contributed by atoms with van der Waals surface area (Å²) in [7, 11) is 0. The summed E-state index contributed by atoms with van der Waals surface area (Å²) in [6, 6.07) is -0.933. The molecule has 1 aliphatic rings. The van der Waals surface area contributed by atoms with Crippen molar-refractivity contribution in [3.05, 3.63) is 0 Å². The van der Waals surface area contributed by atoms with Crippen molar-refractivity contribution in [1.29, 1.82) is 0 Å². The number of guanidine groups is 1. The second-order valence-corrected chi connectivity index (χ2v) is 2.70. The van der Waals surface area contributed by atoms with Crippen LogP contribution >= 0.6 is 0 Å². The summed E-state index contributed by atoms with van der Waals surface area (Å²) >= 11 is 0. The third-order valence-corrected chi connectivity index (χ3v) is 1.59. The Morgan fingerprint density at radius 1 is 1.73 bits per heavy atom. The lowest BCUT2D eigenvalue weighted by atomic mass is 10.1. The molecule has 0 saturated heterocycles. The van der Waals surface area contributed by atoms with Gasteiger partial charge in [0.05, 0.1) is 0 Å².